The Morgan fingerprint density at radius 1 is 0.535 bits per heavy atom. The van der Waals surface area contributed by atoms with Gasteiger partial charge in [0.05, 0.1) is 0 Å². The van der Waals surface area contributed by atoms with E-state index in [4.69, 9.17) is 0 Å². The van der Waals surface area contributed by atoms with Gasteiger partial charge in [0.15, 0.2) is 0 Å². The third-order valence-electron chi connectivity index (χ3n) is 11.2. The Morgan fingerprint density at radius 2 is 0.953 bits per heavy atom. The fourth-order valence-corrected chi connectivity index (χ4v) is 36.6. The van der Waals surface area contributed by atoms with Gasteiger partial charge in [-0.1, -0.05) is 0 Å². The number of rotatable bonds is 8. The standard InChI is InChI=1S/C34H28.2C4H9.Hf/c1-23-21-27-15-9-17-31(25-11-5-3-6-12-25)33(27)29(23)19-20-30-24(2)22-28-16-10-18-32(34(28)30)26-13-7-4-8-14-26;2*1-3-4-2;/h3-18,21-22H,19-20H2,1-2H3;2*1,3-4H2,2H3;. The van der Waals surface area contributed by atoms with E-state index in [1.807, 2.05) is 0 Å². The molecule has 1 aliphatic heterocycles. The summed E-state index contributed by atoms with van der Waals surface area (Å²) in [5, 5.41) is 0. The van der Waals surface area contributed by atoms with Crippen molar-refractivity contribution in [2.24, 2.45) is 0 Å². The van der Waals surface area contributed by atoms with Crippen LogP contribution >= 0.6 is 0 Å². The molecule has 0 radical (unpaired) electrons. The SMILES string of the molecule is CCC[CH2][Hf]1([CH2]CCC)[CH]2C(C)=C(CCC3=C(C)[CH]1c1cccc(-c4ccccc4)c13)c1c(-c3ccccc3)cccc12. The van der Waals surface area contributed by atoms with E-state index in [0.29, 0.717) is 7.35 Å². The van der Waals surface area contributed by atoms with Crippen LogP contribution in [0.3, 0.4) is 0 Å². The minimum atomic E-state index is -3.30. The predicted molar refractivity (Wildman–Crippen MR) is 183 cm³/mol. The van der Waals surface area contributed by atoms with Gasteiger partial charge in [0.2, 0.25) is 0 Å². The monoisotopic (exact) mass is 730 g/mol. The molecule has 1 heterocycles. The zero-order valence-corrected chi connectivity index (χ0v) is 30.1. The van der Waals surface area contributed by atoms with Crippen molar-refractivity contribution >= 4 is 11.1 Å². The molecule has 0 amide bonds. The molecule has 0 spiro atoms. The Balaban J connectivity index is 1.52. The zero-order chi connectivity index (χ0) is 29.6. The summed E-state index contributed by atoms with van der Waals surface area (Å²) >= 11 is -3.30. The van der Waals surface area contributed by atoms with Crippen LogP contribution in [0.4, 0.5) is 0 Å². The van der Waals surface area contributed by atoms with Crippen LogP contribution in [0.1, 0.15) is 95.8 Å². The Labute approximate surface area is 264 Å². The maximum atomic E-state index is 2.57. The van der Waals surface area contributed by atoms with E-state index in [1.54, 1.807) is 44.5 Å². The molecule has 1 heteroatoms. The number of hydrogen-bond donors (Lipinski definition) is 0. The van der Waals surface area contributed by atoms with E-state index >= 15 is 0 Å². The third kappa shape index (κ3) is 4.64. The summed E-state index contributed by atoms with van der Waals surface area (Å²) in [5.74, 6) is 0. The fourth-order valence-electron chi connectivity index (χ4n) is 9.48. The summed E-state index contributed by atoms with van der Waals surface area (Å²) in [6.07, 6.45) is 7.65. The van der Waals surface area contributed by atoms with Gasteiger partial charge in [0.25, 0.3) is 0 Å². The normalized spacial score (nSPS) is 20.0. The molecule has 2 aliphatic carbocycles. The molecule has 218 valence electrons. The Hall–Kier alpha value is -2.77. The van der Waals surface area contributed by atoms with Crippen molar-refractivity contribution in [1.29, 1.82) is 0 Å². The molecule has 4 bridgehead atoms. The number of hydrogen-bond acceptors (Lipinski definition) is 0. The fraction of sp³-hybridized carbons (Fsp3) is 0.333. The van der Waals surface area contributed by atoms with Gasteiger partial charge in [0.1, 0.15) is 0 Å². The molecular formula is C42H46Hf. The van der Waals surface area contributed by atoms with E-state index < -0.39 is 20.0 Å². The van der Waals surface area contributed by atoms with Gasteiger partial charge < -0.3 is 0 Å². The summed E-state index contributed by atoms with van der Waals surface area (Å²) in [5.41, 5.74) is 19.2. The quantitative estimate of drug-likeness (QED) is 0.158. The zero-order valence-electron chi connectivity index (χ0n) is 26.5. The number of benzene rings is 4. The second-order valence-corrected chi connectivity index (χ2v) is 30.0. The first-order valence-corrected chi connectivity index (χ1v) is 26.1. The van der Waals surface area contributed by atoms with Crippen LogP contribution in [-0.2, 0) is 20.0 Å². The Morgan fingerprint density at radius 3 is 1.35 bits per heavy atom. The molecular weight excluding hydrogens is 683 g/mol. The number of fused-ring (bicyclic) bond motifs is 8. The summed E-state index contributed by atoms with van der Waals surface area (Å²) < 4.78 is 4.34. The van der Waals surface area contributed by atoms with Gasteiger partial charge >= 0.3 is 266 Å². The second kappa shape index (κ2) is 12.0. The molecule has 0 saturated carbocycles. The van der Waals surface area contributed by atoms with Crippen LogP contribution in [0.25, 0.3) is 33.4 Å². The average Bonchev–Trinajstić information content (AvgIpc) is 3.51. The molecule has 7 rings (SSSR count). The van der Waals surface area contributed by atoms with Gasteiger partial charge in [-0.05, 0) is 0 Å². The van der Waals surface area contributed by atoms with Crippen molar-refractivity contribution in [2.45, 2.75) is 81.9 Å². The minimum absolute atomic E-state index is 0.671. The summed E-state index contributed by atoms with van der Waals surface area (Å²) in [6.45, 7) is 9.99. The van der Waals surface area contributed by atoms with Crippen molar-refractivity contribution in [3.05, 3.63) is 130 Å². The van der Waals surface area contributed by atoms with Gasteiger partial charge in [-0.25, -0.2) is 0 Å². The molecule has 4 aromatic carbocycles. The van der Waals surface area contributed by atoms with E-state index in [0.717, 1.165) is 12.8 Å². The van der Waals surface area contributed by atoms with E-state index in [1.165, 1.54) is 56.3 Å². The molecule has 0 nitrogen and oxygen atoms in total. The van der Waals surface area contributed by atoms with Gasteiger partial charge in [0, 0.05) is 0 Å². The summed E-state index contributed by atoms with van der Waals surface area (Å²) in [7, 11) is 0. The summed E-state index contributed by atoms with van der Waals surface area (Å²) in [4.78, 5) is 0. The van der Waals surface area contributed by atoms with Crippen LogP contribution in [0, 0.1) is 0 Å². The summed E-state index contributed by atoms with van der Waals surface area (Å²) in [6, 6.07) is 37.2. The first-order valence-electron chi connectivity index (χ1n) is 16.9. The van der Waals surface area contributed by atoms with Crippen LogP contribution in [-0.4, -0.2) is 0 Å². The molecule has 4 aromatic rings. The molecule has 2 unspecified atom stereocenters. The van der Waals surface area contributed by atoms with Crippen LogP contribution < -0.4 is 0 Å². The number of allylic oxidation sites excluding steroid dienone is 4. The third-order valence-corrected chi connectivity index (χ3v) is 34.0. The van der Waals surface area contributed by atoms with Crippen LogP contribution in [0.2, 0.25) is 8.35 Å². The molecule has 2 atom stereocenters. The predicted octanol–water partition coefficient (Wildman–Crippen LogP) is 12.8. The topological polar surface area (TPSA) is 0 Å². The van der Waals surface area contributed by atoms with Gasteiger partial charge in [-0.3, -0.25) is 0 Å². The molecule has 0 fully saturated rings. The van der Waals surface area contributed by atoms with Crippen LogP contribution in [0.15, 0.2) is 108 Å². The van der Waals surface area contributed by atoms with Crippen LogP contribution in [0.5, 0.6) is 0 Å². The van der Waals surface area contributed by atoms with Crippen molar-refractivity contribution in [2.75, 3.05) is 0 Å². The first kappa shape index (κ1) is 29.0. The molecule has 43 heavy (non-hydrogen) atoms. The molecule has 3 aliphatic rings. The molecule has 0 N–H and O–H groups in total. The first-order chi connectivity index (χ1) is 21.1. The van der Waals surface area contributed by atoms with Crippen molar-refractivity contribution in [3.8, 4) is 22.3 Å². The average molecular weight is 729 g/mol. The molecule has 0 aromatic heterocycles. The van der Waals surface area contributed by atoms with E-state index in [9.17, 15) is 0 Å². The van der Waals surface area contributed by atoms with E-state index in [2.05, 4.69) is 125 Å². The second-order valence-electron chi connectivity index (χ2n) is 13.4. The van der Waals surface area contributed by atoms with Crippen molar-refractivity contribution in [3.63, 3.8) is 0 Å². The Bertz CT molecular complexity index is 1580. The number of unbranched alkanes of at least 4 members (excludes halogenated alkanes) is 2. The van der Waals surface area contributed by atoms with E-state index in [-0.39, 0.29) is 0 Å². The van der Waals surface area contributed by atoms with Crippen molar-refractivity contribution < 1.29 is 20.0 Å². The Kier molecular flexibility index (Phi) is 8.06. The van der Waals surface area contributed by atoms with Gasteiger partial charge in [-0.2, -0.15) is 0 Å². The van der Waals surface area contributed by atoms with Gasteiger partial charge in [-0.15, -0.1) is 0 Å². The maximum absolute atomic E-state index is 3.30. The van der Waals surface area contributed by atoms with Crippen molar-refractivity contribution in [1.82, 2.24) is 0 Å². The molecule has 0 saturated heterocycles.